The zero-order valence-electron chi connectivity index (χ0n) is 18.5. The zero-order chi connectivity index (χ0) is 21.3. The molecule has 1 unspecified atom stereocenters. The van der Waals surface area contributed by atoms with Crippen LogP contribution in [0.2, 0.25) is 0 Å². The van der Waals surface area contributed by atoms with Crippen molar-refractivity contribution in [2.45, 2.75) is 52.7 Å². The Bertz CT molecular complexity index is 717. The van der Waals surface area contributed by atoms with E-state index in [0.29, 0.717) is 38.8 Å². The molecule has 0 aliphatic carbocycles. The topological polar surface area (TPSA) is 87.4 Å². The van der Waals surface area contributed by atoms with Crippen LogP contribution in [-0.2, 0) is 21.2 Å². The van der Waals surface area contributed by atoms with Crippen molar-refractivity contribution in [1.82, 2.24) is 14.5 Å². The molecule has 1 fully saturated rings. The summed E-state index contributed by atoms with van der Waals surface area (Å²) in [6, 6.07) is 4.12. The monoisotopic (exact) mass is 556 g/mol. The van der Waals surface area contributed by atoms with Gasteiger partial charge < -0.3 is 19.4 Å². The van der Waals surface area contributed by atoms with Gasteiger partial charge in [0.2, 0.25) is 10.0 Å². The molecule has 1 aromatic heterocycles. The Balaban J connectivity index is 0.00000450. The fourth-order valence-corrected chi connectivity index (χ4v) is 4.27. The fourth-order valence-electron chi connectivity index (χ4n) is 2.98. The summed E-state index contributed by atoms with van der Waals surface area (Å²) in [7, 11) is -3.29. The Morgan fingerprint density at radius 3 is 2.53 bits per heavy atom. The number of guanidine groups is 1. The first kappa shape index (κ1) is 27.2. The van der Waals surface area contributed by atoms with E-state index in [-0.39, 0.29) is 42.4 Å². The van der Waals surface area contributed by atoms with Gasteiger partial charge in [-0.05, 0) is 39.3 Å². The van der Waals surface area contributed by atoms with Crippen LogP contribution < -0.4 is 5.32 Å². The van der Waals surface area contributed by atoms with Gasteiger partial charge in [0.1, 0.15) is 5.76 Å². The van der Waals surface area contributed by atoms with Crippen molar-refractivity contribution in [3.05, 3.63) is 24.2 Å². The molecule has 1 aliphatic heterocycles. The molecule has 0 aromatic carbocycles. The lowest BCUT2D eigenvalue weighted by Crippen LogP contribution is -2.55. The Morgan fingerprint density at radius 2 is 1.97 bits per heavy atom. The van der Waals surface area contributed by atoms with E-state index >= 15 is 0 Å². The molecule has 0 spiro atoms. The second kappa shape index (κ2) is 13.5. The molecular formula is C20H37IN4O4S. The third kappa shape index (κ3) is 9.11. The summed E-state index contributed by atoms with van der Waals surface area (Å²) in [5, 5.41) is 3.47. The second-order valence-corrected chi connectivity index (χ2v) is 9.70. The highest BCUT2D eigenvalue weighted by Gasteiger charge is 2.28. The van der Waals surface area contributed by atoms with E-state index in [9.17, 15) is 8.42 Å². The molecule has 174 valence electrons. The SMILES string of the molecule is CCC(C)NC(=NCCc1ccco1)N1CCN(S(=O)(=O)CCOC(C)C)CC1.I. The molecule has 0 radical (unpaired) electrons. The van der Waals surface area contributed by atoms with Gasteiger partial charge in [-0.1, -0.05) is 6.92 Å². The molecule has 10 heteroatoms. The van der Waals surface area contributed by atoms with Crippen LogP contribution in [0.4, 0.5) is 0 Å². The normalized spacial score (nSPS) is 17.1. The molecule has 0 bridgehead atoms. The molecule has 0 saturated carbocycles. The van der Waals surface area contributed by atoms with E-state index in [1.165, 1.54) is 0 Å². The van der Waals surface area contributed by atoms with Gasteiger partial charge in [0.25, 0.3) is 0 Å². The van der Waals surface area contributed by atoms with Gasteiger partial charge in [-0.2, -0.15) is 4.31 Å². The third-order valence-corrected chi connectivity index (χ3v) is 6.75. The third-order valence-electron chi connectivity index (χ3n) is 4.91. The molecule has 1 N–H and O–H groups in total. The average Bonchev–Trinajstić information content (AvgIpc) is 3.20. The van der Waals surface area contributed by atoms with Gasteiger partial charge in [0.15, 0.2) is 5.96 Å². The van der Waals surface area contributed by atoms with Crippen molar-refractivity contribution in [2.75, 3.05) is 45.1 Å². The molecule has 2 rings (SSSR count). The minimum atomic E-state index is -3.29. The molecule has 1 saturated heterocycles. The van der Waals surface area contributed by atoms with Crippen LogP contribution in [0.15, 0.2) is 27.8 Å². The number of rotatable bonds is 10. The molecule has 1 atom stereocenters. The van der Waals surface area contributed by atoms with Gasteiger partial charge >= 0.3 is 0 Å². The molecule has 2 heterocycles. The maximum absolute atomic E-state index is 12.5. The number of piperazine rings is 1. The van der Waals surface area contributed by atoms with Gasteiger partial charge in [0.05, 0.1) is 24.7 Å². The predicted molar refractivity (Wildman–Crippen MR) is 131 cm³/mol. The number of halogens is 1. The van der Waals surface area contributed by atoms with Crippen molar-refractivity contribution >= 4 is 40.0 Å². The largest absolute Gasteiger partial charge is 0.469 e. The van der Waals surface area contributed by atoms with Crippen molar-refractivity contribution in [2.24, 2.45) is 4.99 Å². The number of ether oxygens (including phenoxy) is 1. The molecule has 1 aromatic rings. The maximum Gasteiger partial charge on any atom is 0.216 e. The minimum Gasteiger partial charge on any atom is -0.469 e. The molecule has 0 amide bonds. The number of furan rings is 1. The van der Waals surface area contributed by atoms with Gasteiger partial charge in [-0.15, -0.1) is 24.0 Å². The van der Waals surface area contributed by atoms with Crippen molar-refractivity contribution in [3.8, 4) is 0 Å². The Hall–Kier alpha value is -0.850. The number of sulfonamides is 1. The lowest BCUT2D eigenvalue weighted by molar-refractivity contribution is 0.0904. The summed E-state index contributed by atoms with van der Waals surface area (Å²) in [6.07, 6.45) is 3.43. The summed E-state index contributed by atoms with van der Waals surface area (Å²) in [4.78, 5) is 6.89. The molecule has 1 aliphatic rings. The fraction of sp³-hybridized carbons (Fsp3) is 0.750. The summed E-state index contributed by atoms with van der Waals surface area (Å²) < 4.78 is 37.4. The van der Waals surface area contributed by atoms with E-state index in [1.54, 1.807) is 10.6 Å². The number of nitrogens with one attached hydrogen (secondary N) is 1. The van der Waals surface area contributed by atoms with Gasteiger partial charge in [-0.25, -0.2) is 8.42 Å². The van der Waals surface area contributed by atoms with Crippen LogP contribution in [0.25, 0.3) is 0 Å². The Morgan fingerprint density at radius 1 is 1.27 bits per heavy atom. The highest BCUT2D eigenvalue weighted by Crippen LogP contribution is 2.10. The zero-order valence-corrected chi connectivity index (χ0v) is 21.7. The highest BCUT2D eigenvalue weighted by atomic mass is 127. The number of hydrogen-bond donors (Lipinski definition) is 1. The Labute approximate surface area is 198 Å². The van der Waals surface area contributed by atoms with E-state index in [1.807, 2.05) is 26.0 Å². The minimum absolute atomic E-state index is 0. The quantitative estimate of drug-likeness (QED) is 0.271. The van der Waals surface area contributed by atoms with Crippen molar-refractivity contribution in [3.63, 3.8) is 0 Å². The number of hydrogen-bond acceptors (Lipinski definition) is 5. The lowest BCUT2D eigenvalue weighted by Gasteiger charge is -2.36. The second-order valence-electron chi connectivity index (χ2n) is 7.61. The summed E-state index contributed by atoms with van der Waals surface area (Å²) in [5.74, 6) is 1.78. The van der Waals surface area contributed by atoms with Crippen LogP contribution >= 0.6 is 24.0 Å². The van der Waals surface area contributed by atoms with Crippen LogP contribution in [0, 0.1) is 0 Å². The Kier molecular flexibility index (Phi) is 12.3. The first-order valence-corrected chi connectivity index (χ1v) is 12.1. The average molecular weight is 557 g/mol. The van der Waals surface area contributed by atoms with Crippen LogP contribution in [-0.4, -0.2) is 80.8 Å². The van der Waals surface area contributed by atoms with E-state index in [2.05, 4.69) is 24.1 Å². The number of aliphatic imine (C=N–C) groups is 1. The molecule has 30 heavy (non-hydrogen) atoms. The summed E-state index contributed by atoms with van der Waals surface area (Å²) in [5.41, 5.74) is 0. The summed E-state index contributed by atoms with van der Waals surface area (Å²) in [6.45, 7) is 11.1. The van der Waals surface area contributed by atoms with Crippen LogP contribution in [0.1, 0.15) is 39.9 Å². The highest BCUT2D eigenvalue weighted by molar-refractivity contribution is 14.0. The first-order chi connectivity index (χ1) is 13.8. The van der Waals surface area contributed by atoms with E-state index in [0.717, 1.165) is 24.6 Å². The van der Waals surface area contributed by atoms with E-state index in [4.69, 9.17) is 14.1 Å². The first-order valence-electron chi connectivity index (χ1n) is 10.5. The van der Waals surface area contributed by atoms with Crippen LogP contribution in [0.3, 0.4) is 0 Å². The molecular weight excluding hydrogens is 519 g/mol. The van der Waals surface area contributed by atoms with Crippen LogP contribution in [0.5, 0.6) is 0 Å². The van der Waals surface area contributed by atoms with Gasteiger partial charge in [0, 0.05) is 45.2 Å². The molecule has 8 nitrogen and oxygen atoms in total. The van der Waals surface area contributed by atoms with Crippen molar-refractivity contribution in [1.29, 1.82) is 0 Å². The van der Waals surface area contributed by atoms with Crippen molar-refractivity contribution < 1.29 is 17.6 Å². The van der Waals surface area contributed by atoms with Gasteiger partial charge in [-0.3, -0.25) is 4.99 Å². The standard InChI is InChI=1S/C20H36N4O4S.HI/c1-5-18(4)22-20(21-9-8-19-7-6-14-28-19)23-10-12-24(13-11-23)29(25,26)16-15-27-17(2)3;/h6-7,14,17-18H,5,8-13,15-16H2,1-4H3,(H,21,22);1H. The predicted octanol–water partition coefficient (Wildman–Crippen LogP) is 2.56. The number of nitrogens with zero attached hydrogens (tertiary/aromatic N) is 3. The lowest BCUT2D eigenvalue weighted by atomic mass is 10.2. The van der Waals surface area contributed by atoms with E-state index < -0.39 is 10.0 Å². The maximum atomic E-state index is 12.5. The summed E-state index contributed by atoms with van der Waals surface area (Å²) >= 11 is 0. The smallest absolute Gasteiger partial charge is 0.216 e.